The highest BCUT2D eigenvalue weighted by molar-refractivity contribution is 7.10. The average molecular weight is 544 g/mol. The Morgan fingerprint density at radius 1 is 0.947 bits per heavy atom. The van der Waals surface area contributed by atoms with E-state index in [1.165, 1.54) is 17.0 Å². The molecule has 0 N–H and O–H groups in total. The van der Waals surface area contributed by atoms with Crippen molar-refractivity contribution in [2.75, 3.05) is 32.7 Å². The van der Waals surface area contributed by atoms with E-state index in [0.29, 0.717) is 19.6 Å². The Bertz CT molecular complexity index is 1220. The zero-order valence-electron chi connectivity index (χ0n) is 21.4. The Morgan fingerprint density at radius 3 is 2.34 bits per heavy atom. The summed E-state index contributed by atoms with van der Waals surface area (Å²) in [5.74, 6) is -0.820. The van der Waals surface area contributed by atoms with Gasteiger partial charge in [-0.15, -0.1) is 11.3 Å². The highest BCUT2D eigenvalue weighted by atomic mass is 32.1. The standard InChI is InChI=1S/C29H32F3N3O2S/c1-22-12-17-38-26(22)20-35(19-23-8-3-2-4-9-23)27(36)21-34(16-15-33-13-5-6-14-33)28(37)24-10-7-11-25(18-24)29(30,31)32/h2-4,7-12,17-18H,5-6,13-16,19-21H2,1H3. The number of thiophene rings is 1. The Balaban J connectivity index is 1.57. The highest BCUT2D eigenvalue weighted by Crippen LogP contribution is 2.30. The molecule has 1 fully saturated rings. The topological polar surface area (TPSA) is 43.9 Å². The van der Waals surface area contributed by atoms with Crippen LogP contribution in [0.1, 0.15) is 44.8 Å². The molecule has 0 saturated carbocycles. The molecule has 1 aromatic heterocycles. The molecule has 0 spiro atoms. The lowest BCUT2D eigenvalue weighted by Gasteiger charge is -2.29. The van der Waals surface area contributed by atoms with Gasteiger partial charge in [-0.3, -0.25) is 9.59 Å². The molecule has 4 rings (SSSR count). The van der Waals surface area contributed by atoms with Crippen LogP contribution in [-0.4, -0.2) is 59.2 Å². The van der Waals surface area contributed by atoms with Crippen LogP contribution < -0.4 is 0 Å². The van der Waals surface area contributed by atoms with Crippen molar-refractivity contribution >= 4 is 23.2 Å². The molecule has 5 nitrogen and oxygen atoms in total. The van der Waals surface area contributed by atoms with E-state index in [0.717, 1.165) is 54.1 Å². The third kappa shape index (κ3) is 7.45. The number of amides is 2. The van der Waals surface area contributed by atoms with Crippen molar-refractivity contribution in [1.82, 2.24) is 14.7 Å². The summed E-state index contributed by atoms with van der Waals surface area (Å²) in [7, 11) is 0. The Hall–Kier alpha value is -3.17. The lowest BCUT2D eigenvalue weighted by molar-refractivity contribution is -0.137. The van der Waals surface area contributed by atoms with Gasteiger partial charge in [-0.05, 0) is 73.6 Å². The molecule has 1 aliphatic rings. The summed E-state index contributed by atoms with van der Waals surface area (Å²) in [6.07, 6.45) is -2.41. The molecule has 1 saturated heterocycles. The van der Waals surface area contributed by atoms with Crippen LogP contribution in [-0.2, 0) is 24.1 Å². The summed E-state index contributed by atoms with van der Waals surface area (Å²) >= 11 is 1.57. The van der Waals surface area contributed by atoms with E-state index in [-0.39, 0.29) is 24.6 Å². The summed E-state index contributed by atoms with van der Waals surface area (Å²) in [5.41, 5.74) is 1.10. The van der Waals surface area contributed by atoms with E-state index in [2.05, 4.69) is 4.90 Å². The van der Waals surface area contributed by atoms with Gasteiger partial charge in [0, 0.05) is 30.1 Å². The van der Waals surface area contributed by atoms with E-state index < -0.39 is 17.6 Å². The number of benzene rings is 2. The summed E-state index contributed by atoms with van der Waals surface area (Å²) in [4.78, 5) is 33.6. The molecule has 38 heavy (non-hydrogen) atoms. The van der Waals surface area contributed by atoms with E-state index in [9.17, 15) is 22.8 Å². The van der Waals surface area contributed by atoms with Gasteiger partial charge in [0.15, 0.2) is 0 Å². The summed E-state index contributed by atoms with van der Waals surface area (Å²) < 4.78 is 40.0. The van der Waals surface area contributed by atoms with Crippen LogP contribution >= 0.6 is 11.3 Å². The molecule has 0 aliphatic carbocycles. The fourth-order valence-corrected chi connectivity index (χ4v) is 5.49. The van der Waals surface area contributed by atoms with Crippen molar-refractivity contribution in [3.63, 3.8) is 0 Å². The van der Waals surface area contributed by atoms with Crippen LogP contribution in [0.15, 0.2) is 66.0 Å². The maximum Gasteiger partial charge on any atom is 0.416 e. The number of hydrogen-bond acceptors (Lipinski definition) is 4. The molecule has 9 heteroatoms. The highest BCUT2D eigenvalue weighted by Gasteiger charge is 2.32. The number of carbonyl (C=O) groups excluding carboxylic acids is 2. The second kappa shape index (κ2) is 12.6. The van der Waals surface area contributed by atoms with Gasteiger partial charge >= 0.3 is 6.18 Å². The largest absolute Gasteiger partial charge is 0.416 e. The van der Waals surface area contributed by atoms with Crippen molar-refractivity contribution in [3.8, 4) is 0 Å². The summed E-state index contributed by atoms with van der Waals surface area (Å²) in [6, 6.07) is 16.0. The van der Waals surface area contributed by atoms with E-state index in [1.54, 1.807) is 16.2 Å². The number of hydrogen-bond donors (Lipinski definition) is 0. The fraction of sp³-hybridized carbons (Fsp3) is 0.379. The third-order valence-corrected chi connectivity index (χ3v) is 7.81. The quantitative estimate of drug-likeness (QED) is 0.323. The lowest BCUT2D eigenvalue weighted by atomic mass is 10.1. The minimum absolute atomic E-state index is 0.0715. The van der Waals surface area contributed by atoms with Crippen LogP contribution in [0.25, 0.3) is 0 Å². The predicted octanol–water partition coefficient (Wildman–Crippen LogP) is 5.84. The van der Waals surface area contributed by atoms with Gasteiger partial charge in [-0.2, -0.15) is 13.2 Å². The Labute approximate surface area is 225 Å². The first-order chi connectivity index (χ1) is 18.2. The van der Waals surface area contributed by atoms with Crippen LogP contribution in [0.5, 0.6) is 0 Å². The van der Waals surface area contributed by atoms with Gasteiger partial charge in [0.2, 0.25) is 5.91 Å². The van der Waals surface area contributed by atoms with E-state index >= 15 is 0 Å². The van der Waals surface area contributed by atoms with Crippen LogP contribution in [0.2, 0.25) is 0 Å². The molecular weight excluding hydrogens is 511 g/mol. The molecular formula is C29H32F3N3O2S. The van der Waals surface area contributed by atoms with Crippen molar-refractivity contribution in [2.45, 2.75) is 39.0 Å². The predicted molar refractivity (Wildman–Crippen MR) is 143 cm³/mol. The van der Waals surface area contributed by atoms with E-state index in [4.69, 9.17) is 0 Å². The third-order valence-electron chi connectivity index (χ3n) is 6.81. The number of likely N-dealkylation sites (tertiary alicyclic amines) is 1. The maximum absolute atomic E-state index is 13.7. The summed E-state index contributed by atoms with van der Waals surface area (Å²) in [6.45, 7) is 5.22. The summed E-state index contributed by atoms with van der Waals surface area (Å²) in [5, 5.41) is 1.98. The van der Waals surface area contributed by atoms with Crippen molar-refractivity contribution in [1.29, 1.82) is 0 Å². The van der Waals surface area contributed by atoms with Crippen molar-refractivity contribution in [3.05, 3.63) is 93.2 Å². The number of rotatable bonds is 10. The fourth-order valence-electron chi connectivity index (χ4n) is 4.57. The Morgan fingerprint density at radius 2 is 1.68 bits per heavy atom. The zero-order valence-corrected chi connectivity index (χ0v) is 22.2. The van der Waals surface area contributed by atoms with Gasteiger partial charge in [0.1, 0.15) is 6.54 Å². The average Bonchev–Trinajstić information content (AvgIpc) is 3.57. The maximum atomic E-state index is 13.7. The molecule has 0 unspecified atom stereocenters. The second-order valence-corrected chi connectivity index (χ2v) is 10.6. The number of nitrogens with zero attached hydrogens (tertiary/aromatic N) is 3. The van der Waals surface area contributed by atoms with E-state index in [1.807, 2.05) is 48.7 Å². The molecule has 2 amide bonds. The van der Waals surface area contributed by atoms with Crippen LogP contribution in [0, 0.1) is 6.92 Å². The van der Waals surface area contributed by atoms with Crippen LogP contribution in [0.3, 0.4) is 0 Å². The SMILES string of the molecule is Cc1ccsc1CN(Cc1ccccc1)C(=O)CN(CCN1CCCC1)C(=O)c1cccc(C(F)(F)F)c1. The number of halogens is 3. The molecule has 3 aromatic rings. The lowest BCUT2D eigenvalue weighted by Crippen LogP contribution is -2.45. The zero-order chi connectivity index (χ0) is 27.1. The molecule has 0 atom stereocenters. The monoisotopic (exact) mass is 543 g/mol. The smallest absolute Gasteiger partial charge is 0.332 e. The normalized spacial score (nSPS) is 14.0. The van der Waals surface area contributed by atoms with Gasteiger partial charge in [-0.1, -0.05) is 36.4 Å². The molecule has 202 valence electrons. The minimum Gasteiger partial charge on any atom is -0.332 e. The number of carbonyl (C=O) groups is 2. The molecule has 0 radical (unpaired) electrons. The van der Waals surface area contributed by atoms with Crippen LogP contribution in [0.4, 0.5) is 13.2 Å². The first kappa shape index (κ1) is 27.9. The first-order valence-corrected chi connectivity index (χ1v) is 13.6. The first-order valence-electron chi connectivity index (χ1n) is 12.7. The molecule has 2 heterocycles. The van der Waals surface area contributed by atoms with Crippen molar-refractivity contribution in [2.24, 2.45) is 0 Å². The Kier molecular flexibility index (Phi) is 9.22. The number of alkyl halides is 3. The van der Waals surface area contributed by atoms with Crippen molar-refractivity contribution < 1.29 is 22.8 Å². The molecule has 2 aromatic carbocycles. The van der Waals surface area contributed by atoms with Gasteiger partial charge in [-0.25, -0.2) is 0 Å². The van der Waals surface area contributed by atoms with Gasteiger partial charge < -0.3 is 14.7 Å². The van der Waals surface area contributed by atoms with Gasteiger partial charge in [0.05, 0.1) is 12.1 Å². The molecule has 1 aliphatic heterocycles. The number of aryl methyl sites for hydroxylation is 1. The molecule has 0 bridgehead atoms. The second-order valence-electron chi connectivity index (χ2n) is 9.62. The van der Waals surface area contributed by atoms with Gasteiger partial charge in [0.25, 0.3) is 5.91 Å². The minimum atomic E-state index is -4.56.